The number of primary amides is 1. The molecule has 2 rings (SSSR count). The number of hydrogen-bond acceptors (Lipinski definition) is 5. The van der Waals surface area contributed by atoms with Crippen LogP contribution in [0.1, 0.15) is 45.9 Å². The molecule has 0 radical (unpaired) electrons. The summed E-state index contributed by atoms with van der Waals surface area (Å²) in [6, 6.07) is 1.95. The van der Waals surface area contributed by atoms with Gasteiger partial charge in [0.1, 0.15) is 17.5 Å². The fourth-order valence-electron chi connectivity index (χ4n) is 2.50. The lowest BCUT2D eigenvalue weighted by Crippen LogP contribution is -2.37. The minimum absolute atomic E-state index is 0.241. The van der Waals surface area contributed by atoms with Gasteiger partial charge in [0.15, 0.2) is 0 Å². The van der Waals surface area contributed by atoms with E-state index in [1.54, 1.807) is 0 Å². The van der Waals surface area contributed by atoms with Crippen LogP contribution < -0.4 is 16.0 Å². The molecule has 1 saturated heterocycles. The van der Waals surface area contributed by atoms with Crippen molar-refractivity contribution in [2.45, 2.75) is 40.0 Å². The summed E-state index contributed by atoms with van der Waals surface area (Å²) < 4.78 is 0. The van der Waals surface area contributed by atoms with Crippen LogP contribution in [0.15, 0.2) is 6.07 Å². The van der Waals surface area contributed by atoms with Gasteiger partial charge in [-0.1, -0.05) is 13.8 Å². The van der Waals surface area contributed by atoms with Crippen molar-refractivity contribution in [1.82, 2.24) is 9.97 Å². The van der Waals surface area contributed by atoms with E-state index in [4.69, 9.17) is 5.73 Å². The zero-order valence-electron chi connectivity index (χ0n) is 13.3. The van der Waals surface area contributed by atoms with E-state index in [1.807, 2.05) is 19.9 Å². The average molecular weight is 291 g/mol. The van der Waals surface area contributed by atoms with Crippen LogP contribution in [0.2, 0.25) is 0 Å². The molecule has 6 heteroatoms. The van der Waals surface area contributed by atoms with Crippen LogP contribution in [-0.4, -0.2) is 35.5 Å². The molecule has 1 aromatic rings. The van der Waals surface area contributed by atoms with Crippen LogP contribution in [0.3, 0.4) is 0 Å². The van der Waals surface area contributed by atoms with E-state index in [0.717, 1.165) is 37.0 Å². The van der Waals surface area contributed by atoms with E-state index in [9.17, 15) is 4.79 Å². The first-order chi connectivity index (χ1) is 9.85. The largest absolute Gasteiger partial charge is 0.370 e. The standard InChI is InChI=1S/C15H25N5O/c1-5-17-11-8-12(19-13(18-11)10(2)3)20-7-6-15(4,9-20)14(16)21/h8,10H,5-7,9H2,1-4H3,(H2,16,21)(H,17,18,19). The van der Waals surface area contributed by atoms with Gasteiger partial charge in [-0.15, -0.1) is 0 Å². The van der Waals surface area contributed by atoms with Gasteiger partial charge in [-0.05, 0) is 20.3 Å². The number of carbonyl (C=O) groups excluding carboxylic acids is 1. The highest BCUT2D eigenvalue weighted by Crippen LogP contribution is 2.33. The highest BCUT2D eigenvalue weighted by molar-refractivity contribution is 5.82. The summed E-state index contributed by atoms with van der Waals surface area (Å²) in [6.07, 6.45) is 0.764. The predicted molar refractivity (Wildman–Crippen MR) is 84.4 cm³/mol. The molecule has 0 spiro atoms. The third-order valence-electron chi connectivity index (χ3n) is 4.00. The van der Waals surface area contributed by atoms with Crippen molar-refractivity contribution in [2.24, 2.45) is 11.1 Å². The summed E-state index contributed by atoms with van der Waals surface area (Å²) in [6.45, 7) is 10.3. The second-order valence-electron chi connectivity index (χ2n) is 6.25. The third-order valence-corrected chi connectivity index (χ3v) is 4.00. The maximum Gasteiger partial charge on any atom is 0.225 e. The fraction of sp³-hybridized carbons (Fsp3) is 0.667. The Hall–Kier alpha value is -1.85. The van der Waals surface area contributed by atoms with E-state index in [2.05, 4.69) is 34.0 Å². The molecular weight excluding hydrogens is 266 g/mol. The summed E-state index contributed by atoms with van der Waals surface area (Å²) in [5, 5.41) is 3.24. The smallest absolute Gasteiger partial charge is 0.225 e. The van der Waals surface area contributed by atoms with Gasteiger partial charge in [0.05, 0.1) is 5.41 Å². The van der Waals surface area contributed by atoms with Crippen LogP contribution in [0.4, 0.5) is 11.6 Å². The number of nitrogens with one attached hydrogen (secondary N) is 1. The monoisotopic (exact) mass is 291 g/mol. The quantitative estimate of drug-likeness (QED) is 0.863. The van der Waals surface area contributed by atoms with Crippen LogP contribution in [0.5, 0.6) is 0 Å². The number of nitrogens with two attached hydrogens (primary N) is 1. The Kier molecular flexibility index (Phi) is 4.34. The molecule has 0 saturated carbocycles. The van der Waals surface area contributed by atoms with Crippen molar-refractivity contribution < 1.29 is 4.79 Å². The van der Waals surface area contributed by atoms with E-state index in [1.165, 1.54) is 0 Å². The van der Waals surface area contributed by atoms with Gasteiger partial charge in [0, 0.05) is 31.6 Å². The molecule has 1 atom stereocenters. The third kappa shape index (κ3) is 3.25. The number of nitrogens with zero attached hydrogens (tertiary/aromatic N) is 3. The summed E-state index contributed by atoms with van der Waals surface area (Å²) >= 11 is 0. The number of amides is 1. The normalized spacial score (nSPS) is 21.9. The van der Waals surface area contributed by atoms with Gasteiger partial charge < -0.3 is 16.0 Å². The molecule has 0 aromatic carbocycles. The second-order valence-corrected chi connectivity index (χ2v) is 6.25. The highest BCUT2D eigenvalue weighted by Gasteiger charge is 2.39. The topological polar surface area (TPSA) is 84.1 Å². The fourth-order valence-corrected chi connectivity index (χ4v) is 2.50. The molecule has 1 aliphatic heterocycles. The Morgan fingerprint density at radius 1 is 1.52 bits per heavy atom. The molecular formula is C15H25N5O. The Bertz CT molecular complexity index is 531. The molecule has 0 aliphatic carbocycles. The van der Waals surface area contributed by atoms with Crippen LogP contribution in [-0.2, 0) is 4.79 Å². The van der Waals surface area contributed by atoms with E-state index in [0.29, 0.717) is 6.54 Å². The lowest BCUT2D eigenvalue weighted by molar-refractivity contribution is -0.125. The Morgan fingerprint density at radius 3 is 2.76 bits per heavy atom. The Balaban J connectivity index is 2.29. The average Bonchev–Trinajstić information content (AvgIpc) is 2.83. The first-order valence-corrected chi connectivity index (χ1v) is 7.53. The Labute approximate surface area is 126 Å². The number of hydrogen-bond donors (Lipinski definition) is 2. The van der Waals surface area contributed by atoms with Crippen molar-refractivity contribution in [1.29, 1.82) is 0 Å². The van der Waals surface area contributed by atoms with Crippen molar-refractivity contribution in [3.05, 3.63) is 11.9 Å². The van der Waals surface area contributed by atoms with Crippen LogP contribution >= 0.6 is 0 Å². The van der Waals surface area contributed by atoms with E-state index < -0.39 is 5.41 Å². The van der Waals surface area contributed by atoms with E-state index >= 15 is 0 Å². The lowest BCUT2D eigenvalue weighted by atomic mass is 9.89. The first-order valence-electron chi connectivity index (χ1n) is 7.53. The summed E-state index contributed by atoms with van der Waals surface area (Å²) in [4.78, 5) is 22.9. The first kappa shape index (κ1) is 15.5. The number of aromatic nitrogens is 2. The van der Waals surface area contributed by atoms with Gasteiger partial charge in [-0.3, -0.25) is 4.79 Å². The van der Waals surface area contributed by atoms with Crippen LogP contribution in [0, 0.1) is 5.41 Å². The van der Waals surface area contributed by atoms with Gasteiger partial charge in [-0.25, -0.2) is 9.97 Å². The van der Waals surface area contributed by atoms with Crippen LogP contribution in [0.25, 0.3) is 0 Å². The zero-order valence-corrected chi connectivity index (χ0v) is 13.3. The molecule has 6 nitrogen and oxygen atoms in total. The molecule has 1 unspecified atom stereocenters. The van der Waals surface area contributed by atoms with Crippen molar-refractivity contribution in [3.63, 3.8) is 0 Å². The van der Waals surface area contributed by atoms with Crippen molar-refractivity contribution >= 4 is 17.5 Å². The maximum atomic E-state index is 11.6. The number of carbonyl (C=O) groups is 1. The lowest BCUT2D eigenvalue weighted by Gasteiger charge is -2.23. The highest BCUT2D eigenvalue weighted by atomic mass is 16.1. The van der Waals surface area contributed by atoms with E-state index in [-0.39, 0.29) is 11.8 Å². The minimum Gasteiger partial charge on any atom is -0.370 e. The zero-order chi connectivity index (χ0) is 15.6. The van der Waals surface area contributed by atoms with Gasteiger partial charge in [0.25, 0.3) is 0 Å². The second kappa shape index (κ2) is 5.87. The molecule has 1 aliphatic rings. The van der Waals surface area contributed by atoms with Crippen molar-refractivity contribution in [2.75, 3.05) is 29.9 Å². The molecule has 2 heterocycles. The molecule has 0 bridgehead atoms. The minimum atomic E-state index is -0.471. The molecule has 1 aromatic heterocycles. The van der Waals surface area contributed by atoms with Crippen molar-refractivity contribution in [3.8, 4) is 0 Å². The number of rotatable bonds is 5. The molecule has 116 valence electrons. The van der Waals surface area contributed by atoms with Gasteiger partial charge in [0.2, 0.25) is 5.91 Å². The Morgan fingerprint density at radius 2 is 2.24 bits per heavy atom. The molecule has 1 amide bonds. The molecule has 21 heavy (non-hydrogen) atoms. The molecule has 1 fully saturated rings. The summed E-state index contributed by atoms with van der Waals surface area (Å²) in [7, 11) is 0. The summed E-state index contributed by atoms with van der Waals surface area (Å²) in [5.74, 6) is 2.53. The predicted octanol–water partition coefficient (Wildman–Crippen LogP) is 1.73. The SMILES string of the molecule is CCNc1cc(N2CCC(C)(C(N)=O)C2)nc(C(C)C)n1. The van der Waals surface area contributed by atoms with Gasteiger partial charge in [-0.2, -0.15) is 0 Å². The van der Waals surface area contributed by atoms with Gasteiger partial charge >= 0.3 is 0 Å². The maximum absolute atomic E-state index is 11.6. The number of anilines is 2. The summed E-state index contributed by atoms with van der Waals surface area (Å²) in [5.41, 5.74) is 5.05. The molecule has 3 N–H and O–H groups in total.